The Balaban J connectivity index is 1.43. The fraction of sp³-hybridized carbons (Fsp3) is 0.724. The lowest BCUT2D eigenvalue weighted by Gasteiger charge is -2.48. The van der Waals surface area contributed by atoms with E-state index in [9.17, 15) is 81.1 Å². The molecule has 4 unspecified atom stereocenters. The molecule has 15 N–H and O–H groups in total. The lowest BCUT2D eigenvalue weighted by molar-refractivity contribution is -0.323. The highest BCUT2D eigenvalue weighted by Gasteiger charge is 2.53. The summed E-state index contributed by atoms with van der Waals surface area (Å²) in [6, 6.07) is -1.33. The van der Waals surface area contributed by atoms with Gasteiger partial charge >= 0.3 is 5.97 Å². The first-order chi connectivity index (χ1) is 38.7. The second kappa shape index (κ2) is 32.7. The summed E-state index contributed by atoms with van der Waals surface area (Å²) in [7, 11) is 1.90. The van der Waals surface area contributed by atoms with E-state index in [1.165, 1.54) is 6.92 Å². The number of allylic oxidation sites excluding steroid dienone is 12. The Labute approximate surface area is 480 Å². The average molecular weight is 1170 g/mol. The predicted octanol–water partition coefficient (Wildman–Crippen LogP) is -2.17. The molecule has 5 aliphatic heterocycles. The second-order valence-corrected chi connectivity index (χ2v) is 22.8. The van der Waals surface area contributed by atoms with Crippen LogP contribution in [0.25, 0.3) is 0 Å². The zero-order chi connectivity index (χ0) is 60.5. The van der Waals surface area contributed by atoms with Crippen LogP contribution in [0.5, 0.6) is 0 Å². The Morgan fingerprint density at radius 3 is 1.87 bits per heavy atom. The predicted molar refractivity (Wildman–Crippen MR) is 296 cm³/mol. The molecule has 5 rings (SSSR count). The highest BCUT2D eigenvalue weighted by molar-refractivity contribution is 5.80. The molecule has 24 heteroatoms. The molecule has 0 spiro atoms. The number of piperazine rings is 1. The Morgan fingerprint density at radius 2 is 1.24 bits per heavy atom. The highest BCUT2D eigenvalue weighted by Crippen LogP contribution is 2.39. The topological polar surface area (TPSA) is 382 Å². The van der Waals surface area contributed by atoms with E-state index in [2.05, 4.69) is 5.32 Å². The van der Waals surface area contributed by atoms with E-state index in [0.717, 1.165) is 0 Å². The highest BCUT2D eigenvalue weighted by atomic mass is 16.7. The summed E-state index contributed by atoms with van der Waals surface area (Å²) in [5, 5.41) is 157. The summed E-state index contributed by atoms with van der Waals surface area (Å²) < 4.78 is 29.6. The molecule has 5 heterocycles. The van der Waals surface area contributed by atoms with Gasteiger partial charge in [0.2, 0.25) is 11.7 Å². The fourth-order valence-corrected chi connectivity index (χ4v) is 10.7. The molecule has 82 heavy (non-hydrogen) atoms. The maximum absolute atomic E-state index is 14.5. The standard InChI is InChI=1S/C58H93N3O21/c1-34-18-16-14-12-10-8-6-7-9-11-13-15-17-19-41(81-56-53(73)49(51(71)37(4)80-56)59-33-58(77)54(74)52(72)45(68)32-78-58)29-46-48(55(75)61-24-22-60(5)23-25-61)44(67)31-57(76,82-46)30-40(64)27-43(66)42(65)21-20-38(62)26-39(63)28-47(69)79-36(3)35(2)50(34)70/h6-19,34-46,48-54,56,59,62-68,70-74,76-77H,20-33H2,1-5H3/t34-,35?,36-,37+,38+,39+,40-,41-,42+,43+,44-,45+,46?,48?,49-,50+,51+,52+,53-,54-,56?,57+,58+/m0/s1. The molecule has 4 fully saturated rings. The number of ether oxygens (including phenoxy) is 5. The number of aliphatic hydroxyl groups excluding tert-OH is 12. The molecule has 0 aromatic heterocycles. The van der Waals surface area contributed by atoms with Gasteiger partial charge in [0, 0.05) is 63.7 Å². The summed E-state index contributed by atoms with van der Waals surface area (Å²) in [6.07, 6.45) is -2.63. The quantitative estimate of drug-likeness (QED) is 0.126. The van der Waals surface area contributed by atoms with Gasteiger partial charge in [-0.05, 0) is 40.2 Å². The van der Waals surface area contributed by atoms with Gasteiger partial charge in [-0.15, -0.1) is 0 Å². The molecule has 466 valence electrons. The number of cyclic esters (lactones) is 1. The van der Waals surface area contributed by atoms with Crippen molar-refractivity contribution < 1.29 is 105 Å². The first-order valence-electron chi connectivity index (χ1n) is 28.5. The summed E-state index contributed by atoms with van der Waals surface area (Å²) >= 11 is 0. The number of esters is 1. The molecule has 4 saturated heterocycles. The van der Waals surface area contributed by atoms with Crippen molar-refractivity contribution in [2.45, 2.75) is 201 Å². The molecule has 0 aromatic rings. The van der Waals surface area contributed by atoms with Crippen molar-refractivity contribution in [3.8, 4) is 0 Å². The lowest BCUT2D eigenvalue weighted by Crippen LogP contribution is -2.69. The van der Waals surface area contributed by atoms with Gasteiger partial charge in [0.05, 0.1) is 98.7 Å². The third-order valence-corrected chi connectivity index (χ3v) is 16.1. The van der Waals surface area contributed by atoms with Crippen molar-refractivity contribution in [2.24, 2.45) is 17.8 Å². The number of hydrogen-bond donors (Lipinski definition) is 15. The number of likely N-dealkylation sites (N-methyl/N-ethyl adjacent to an activating group) is 1. The Bertz CT molecular complexity index is 2170. The van der Waals surface area contributed by atoms with Crippen LogP contribution in [0.15, 0.2) is 85.1 Å². The summed E-state index contributed by atoms with van der Waals surface area (Å²) in [4.78, 5) is 30.9. The number of carbonyl (C=O) groups excluding carboxylic acids is 2. The SMILES string of the molecule is CC1[C@H](C)OC(=O)C[C@H](O)C[C@H](O)CC[C@@H](O)[C@H](O)C[C@H](O)C[C@]2(O)C[C@H](O)C(C(=O)N3CCN(C)CC3)C(C[C@@H](OC3O[C@H](C)[C@@H](O)[C@H](NC[C@@]4(O)OC[C@@H](O)[C@@H](O)[C@@H]4O)[C@@H]3O)C=CC=CC=CC=CC=CC=CC=C[C@H](C)[C@H]1O)O2. The first kappa shape index (κ1) is 69.1. The zero-order valence-electron chi connectivity index (χ0n) is 47.6. The van der Waals surface area contributed by atoms with Gasteiger partial charge in [-0.1, -0.05) is 98.9 Å². The Kier molecular flexibility index (Phi) is 27.6. The molecule has 0 aliphatic carbocycles. The number of hydrogen-bond acceptors (Lipinski definition) is 23. The Hall–Kier alpha value is -3.68. The van der Waals surface area contributed by atoms with Crippen LogP contribution in [-0.4, -0.2) is 261 Å². The van der Waals surface area contributed by atoms with Crippen LogP contribution < -0.4 is 5.32 Å². The van der Waals surface area contributed by atoms with Crippen LogP contribution in [0.2, 0.25) is 0 Å². The minimum atomic E-state index is -2.46. The molecule has 0 aromatic carbocycles. The van der Waals surface area contributed by atoms with Crippen LogP contribution >= 0.6 is 0 Å². The molecule has 5 aliphatic rings. The van der Waals surface area contributed by atoms with Crippen LogP contribution in [0, 0.1) is 17.8 Å². The van der Waals surface area contributed by atoms with E-state index < -0.39 is 184 Å². The van der Waals surface area contributed by atoms with Crippen LogP contribution in [0.1, 0.15) is 79.1 Å². The number of fused-ring (bicyclic) bond motifs is 2. The third kappa shape index (κ3) is 20.5. The van der Waals surface area contributed by atoms with Crippen molar-refractivity contribution >= 4 is 11.9 Å². The Morgan fingerprint density at radius 1 is 0.646 bits per heavy atom. The minimum Gasteiger partial charge on any atom is -0.462 e. The van der Waals surface area contributed by atoms with Gasteiger partial charge in [0.15, 0.2) is 12.1 Å². The van der Waals surface area contributed by atoms with Gasteiger partial charge in [-0.25, -0.2) is 0 Å². The van der Waals surface area contributed by atoms with E-state index in [-0.39, 0.29) is 31.6 Å². The van der Waals surface area contributed by atoms with Crippen LogP contribution in [0.4, 0.5) is 0 Å². The molecule has 0 saturated carbocycles. The first-order valence-corrected chi connectivity index (χ1v) is 28.5. The smallest absolute Gasteiger partial charge is 0.308 e. The number of aliphatic hydroxyl groups is 14. The maximum Gasteiger partial charge on any atom is 0.308 e. The van der Waals surface area contributed by atoms with Gasteiger partial charge < -0.3 is 110 Å². The number of carbonyl (C=O) groups is 2. The molecular formula is C58H93N3O21. The van der Waals surface area contributed by atoms with Gasteiger partial charge in [0.25, 0.3) is 0 Å². The van der Waals surface area contributed by atoms with Gasteiger partial charge in [-0.2, -0.15) is 0 Å². The summed E-state index contributed by atoms with van der Waals surface area (Å²) in [5.74, 6) is -8.12. The maximum atomic E-state index is 14.5. The number of rotatable bonds is 6. The van der Waals surface area contributed by atoms with Crippen molar-refractivity contribution in [1.82, 2.24) is 15.1 Å². The van der Waals surface area contributed by atoms with Crippen molar-refractivity contribution in [1.29, 1.82) is 0 Å². The third-order valence-electron chi connectivity index (χ3n) is 16.1. The van der Waals surface area contributed by atoms with Crippen LogP contribution in [-0.2, 0) is 33.3 Å². The average Bonchev–Trinajstić information content (AvgIpc) is 3.58. The molecule has 23 atom stereocenters. The number of nitrogens with zero attached hydrogens (tertiary/aromatic N) is 2. The van der Waals surface area contributed by atoms with Crippen molar-refractivity contribution in [3.63, 3.8) is 0 Å². The van der Waals surface area contributed by atoms with E-state index in [1.807, 2.05) is 24.9 Å². The summed E-state index contributed by atoms with van der Waals surface area (Å²) in [6.45, 7) is 7.20. The fourth-order valence-electron chi connectivity index (χ4n) is 10.7. The molecule has 24 nitrogen and oxygen atoms in total. The molecule has 1 amide bonds. The zero-order valence-corrected chi connectivity index (χ0v) is 47.6. The van der Waals surface area contributed by atoms with Crippen LogP contribution in [0.3, 0.4) is 0 Å². The van der Waals surface area contributed by atoms with E-state index in [0.29, 0.717) is 26.2 Å². The number of amides is 1. The lowest BCUT2D eigenvalue weighted by atomic mass is 9.81. The minimum absolute atomic E-state index is 0.124. The van der Waals surface area contributed by atoms with Gasteiger partial charge in [0.1, 0.15) is 30.5 Å². The van der Waals surface area contributed by atoms with E-state index >= 15 is 0 Å². The second-order valence-electron chi connectivity index (χ2n) is 22.8. The number of nitrogens with one attached hydrogen (secondary N) is 1. The molecular weight excluding hydrogens is 1070 g/mol. The summed E-state index contributed by atoms with van der Waals surface area (Å²) in [5.41, 5.74) is 0. The van der Waals surface area contributed by atoms with E-state index in [1.54, 1.807) is 97.7 Å². The van der Waals surface area contributed by atoms with E-state index in [4.69, 9.17) is 23.7 Å². The van der Waals surface area contributed by atoms with Gasteiger partial charge in [-0.3, -0.25) is 9.59 Å². The largest absolute Gasteiger partial charge is 0.462 e. The monoisotopic (exact) mass is 1170 g/mol. The normalized spacial score (nSPS) is 42.9. The van der Waals surface area contributed by atoms with Crippen molar-refractivity contribution in [2.75, 3.05) is 46.4 Å². The molecule has 0 radical (unpaired) electrons. The molecule has 2 bridgehead atoms. The van der Waals surface area contributed by atoms with Crippen molar-refractivity contribution in [3.05, 3.63) is 85.1 Å².